The Kier molecular flexibility index (Phi) is 7.48. The molecule has 39 heavy (non-hydrogen) atoms. The molecule has 6 nitrogen and oxygen atoms in total. The number of fused-ring (bicyclic) bond motifs is 1. The van der Waals surface area contributed by atoms with E-state index in [2.05, 4.69) is 10.3 Å². The number of methoxy groups -OCH3 is 1. The first kappa shape index (κ1) is 26.9. The van der Waals surface area contributed by atoms with Gasteiger partial charge in [-0.15, -0.1) is 0 Å². The van der Waals surface area contributed by atoms with E-state index in [1.165, 1.54) is 49.6 Å². The van der Waals surface area contributed by atoms with Gasteiger partial charge in [-0.3, -0.25) is 4.79 Å². The molecule has 1 saturated carbocycles. The zero-order chi connectivity index (χ0) is 27.7. The maximum absolute atomic E-state index is 14.3. The van der Waals surface area contributed by atoms with Crippen molar-refractivity contribution in [3.05, 3.63) is 76.7 Å². The number of nitrogens with one attached hydrogen (secondary N) is 1. The highest BCUT2D eigenvalue weighted by Crippen LogP contribution is 2.44. The minimum Gasteiger partial charge on any atom is -0.496 e. The Labute approximate surface area is 223 Å². The SMILES string of the molecule is COc1cc(C(=O)NCC(c2cc3c(c(-c4ccc(F)cc4)n2)OCC3C)C(F)(F)F)ccc1COC1CC1. The molecule has 2 unspecified atom stereocenters. The minimum atomic E-state index is -4.70. The zero-order valence-electron chi connectivity index (χ0n) is 21.5. The Hall–Kier alpha value is -3.66. The molecular weight excluding hydrogens is 516 g/mol. The monoisotopic (exact) mass is 544 g/mol. The van der Waals surface area contributed by atoms with Crippen LogP contribution in [0, 0.1) is 5.82 Å². The summed E-state index contributed by atoms with van der Waals surface area (Å²) in [5.41, 5.74) is 1.91. The van der Waals surface area contributed by atoms with Crippen molar-refractivity contribution in [1.29, 1.82) is 0 Å². The van der Waals surface area contributed by atoms with Gasteiger partial charge in [-0.25, -0.2) is 9.37 Å². The van der Waals surface area contributed by atoms with Gasteiger partial charge in [0.05, 0.1) is 32.1 Å². The van der Waals surface area contributed by atoms with Crippen LogP contribution in [0.5, 0.6) is 11.5 Å². The number of halogens is 4. The third-order valence-corrected chi connectivity index (χ3v) is 6.91. The average Bonchev–Trinajstić information content (AvgIpc) is 3.67. The van der Waals surface area contributed by atoms with Crippen molar-refractivity contribution in [2.75, 3.05) is 20.3 Å². The fourth-order valence-corrected chi connectivity index (χ4v) is 4.50. The summed E-state index contributed by atoms with van der Waals surface area (Å²) in [5.74, 6) is -2.56. The number of rotatable bonds is 9. The van der Waals surface area contributed by atoms with E-state index in [-0.39, 0.29) is 29.0 Å². The summed E-state index contributed by atoms with van der Waals surface area (Å²) in [6, 6.07) is 11.4. The Balaban J connectivity index is 1.40. The highest BCUT2D eigenvalue weighted by molar-refractivity contribution is 5.94. The second kappa shape index (κ2) is 10.8. The van der Waals surface area contributed by atoms with Crippen molar-refractivity contribution in [3.63, 3.8) is 0 Å². The van der Waals surface area contributed by atoms with Gasteiger partial charge in [-0.1, -0.05) is 13.0 Å². The Morgan fingerprint density at radius 3 is 2.56 bits per heavy atom. The number of hydrogen-bond donors (Lipinski definition) is 1. The van der Waals surface area contributed by atoms with Crippen molar-refractivity contribution < 1.29 is 36.6 Å². The molecule has 10 heteroatoms. The lowest BCUT2D eigenvalue weighted by Gasteiger charge is -2.22. The lowest BCUT2D eigenvalue weighted by atomic mass is 9.95. The molecule has 1 N–H and O–H groups in total. The number of carbonyl (C=O) groups is 1. The summed E-state index contributed by atoms with van der Waals surface area (Å²) in [6.45, 7) is 1.75. The highest BCUT2D eigenvalue weighted by Gasteiger charge is 2.43. The molecule has 3 aromatic rings. The number of aromatic nitrogens is 1. The van der Waals surface area contributed by atoms with Crippen molar-refractivity contribution in [3.8, 4) is 22.8 Å². The Bertz CT molecular complexity index is 1360. The molecule has 5 rings (SSSR count). The number of carbonyl (C=O) groups excluding carboxylic acids is 1. The van der Waals surface area contributed by atoms with Crippen LogP contribution in [0.25, 0.3) is 11.3 Å². The van der Waals surface area contributed by atoms with E-state index in [0.717, 1.165) is 18.4 Å². The lowest BCUT2D eigenvalue weighted by Crippen LogP contribution is -2.35. The third kappa shape index (κ3) is 6.00. The van der Waals surface area contributed by atoms with Gasteiger partial charge in [0.15, 0.2) is 0 Å². The number of benzene rings is 2. The predicted octanol–water partition coefficient (Wildman–Crippen LogP) is 6.15. The van der Waals surface area contributed by atoms with Crippen LogP contribution < -0.4 is 14.8 Å². The lowest BCUT2D eigenvalue weighted by molar-refractivity contribution is -0.149. The molecule has 1 aliphatic carbocycles. The molecule has 2 atom stereocenters. The van der Waals surface area contributed by atoms with E-state index < -0.39 is 30.4 Å². The van der Waals surface area contributed by atoms with E-state index in [1.807, 2.05) is 6.92 Å². The molecule has 1 fully saturated rings. The van der Waals surface area contributed by atoms with Gasteiger partial charge in [-0.2, -0.15) is 13.2 Å². The van der Waals surface area contributed by atoms with Gasteiger partial charge in [0, 0.05) is 34.7 Å². The fraction of sp³-hybridized carbons (Fsp3) is 0.379. The summed E-state index contributed by atoms with van der Waals surface area (Å²) in [4.78, 5) is 17.2. The van der Waals surface area contributed by atoms with Crippen LogP contribution in [0.3, 0.4) is 0 Å². The maximum Gasteiger partial charge on any atom is 0.398 e. The number of alkyl halides is 3. The van der Waals surface area contributed by atoms with Gasteiger partial charge in [0.2, 0.25) is 0 Å². The van der Waals surface area contributed by atoms with Crippen LogP contribution in [-0.2, 0) is 11.3 Å². The molecule has 2 aliphatic rings. The first-order valence-electron chi connectivity index (χ1n) is 12.7. The largest absolute Gasteiger partial charge is 0.496 e. The second-order valence-electron chi connectivity index (χ2n) is 9.87. The molecular formula is C29H28F4N2O4. The van der Waals surface area contributed by atoms with Crippen LogP contribution in [0.15, 0.2) is 48.5 Å². The molecule has 1 aromatic heterocycles. The molecule has 2 heterocycles. The standard InChI is InChI=1S/C29H28F4N2O4/c1-16-14-39-27-22(16)12-24(35-26(27)17-5-7-20(30)8-6-17)23(29(31,32)33)13-34-28(36)18-3-4-19(25(11-18)37-2)15-38-21-9-10-21/h3-8,11-12,16,21,23H,9-10,13-15H2,1-2H3,(H,34,36). The molecule has 0 spiro atoms. The van der Waals surface area contributed by atoms with E-state index in [1.54, 1.807) is 6.07 Å². The molecule has 1 amide bonds. The van der Waals surface area contributed by atoms with Crippen molar-refractivity contribution in [1.82, 2.24) is 10.3 Å². The third-order valence-electron chi connectivity index (χ3n) is 6.91. The molecule has 0 saturated heterocycles. The first-order chi connectivity index (χ1) is 18.6. The summed E-state index contributed by atoms with van der Waals surface area (Å²) in [7, 11) is 1.46. The van der Waals surface area contributed by atoms with Gasteiger partial charge in [-0.05, 0) is 55.3 Å². The van der Waals surface area contributed by atoms with Gasteiger partial charge < -0.3 is 19.5 Å². The van der Waals surface area contributed by atoms with E-state index in [9.17, 15) is 22.4 Å². The molecule has 2 aromatic carbocycles. The smallest absolute Gasteiger partial charge is 0.398 e. The molecule has 0 radical (unpaired) electrons. The molecule has 0 bridgehead atoms. The maximum atomic E-state index is 14.3. The Morgan fingerprint density at radius 1 is 1.15 bits per heavy atom. The first-order valence-corrected chi connectivity index (χ1v) is 12.7. The van der Waals surface area contributed by atoms with Crippen LogP contribution in [-0.4, -0.2) is 43.4 Å². The Morgan fingerprint density at radius 2 is 1.90 bits per heavy atom. The van der Waals surface area contributed by atoms with Crippen molar-refractivity contribution in [2.45, 2.75) is 50.5 Å². The average molecular weight is 545 g/mol. The molecule has 1 aliphatic heterocycles. The van der Waals surface area contributed by atoms with Gasteiger partial charge in [0.25, 0.3) is 5.91 Å². The summed E-state index contributed by atoms with van der Waals surface area (Å²) >= 11 is 0. The second-order valence-corrected chi connectivity index (χ2v) is 9.87. The number of pyridine rings is 1. The number of nitrogens with zero attached hydrogens (tertiary/aromatic N) is 1. The van der Waals surface area contributed by atoms with Crippen LogP contribution in [0.4, 0.5) is 17.6 Å². The zero-order valence-corrected chi connectivity index (χ0v) is 21.5. The van der Waals surface area contributed by atoms with Crippen LogP contribution in [0.2, 0.25) is 0 Å². The number of ether oxygens (including phenoxy) is 3. The summed E-state index contributed by atoms with van der Waals surface area (Å²) in [5, 5.41) is 2.41. The van der Waals surface area contributed by atoms with Crippen LogP contribution in [0.1, 0.15) is 58.8 Å². The predicted molar refractivity (Wildman–Crippen MR) is 135 cm³/mol. The number of amides is 1. The van der Waals surface area contributed by atoms with Gasteiger partial charge >= 0.3 is 6.18 Å². The number of hydrogen-bond acceptors (Lipinski definition) is 5. The summed E-state index contributed by atoms with van der Waals surface area (Å²) < 4.78 is 73.3. The molecule has 206 valence electrons. The van der Waals surface area contributed by atoms with Crippen molar-refractivity contribution >= 4 is 5.91 Å². The van der Waals surface area contributed by atoms with Crippen molar-refractivity contribution in [2.24, 2.45) is 0 Å². The fourth-order valence-electron chi connectivity index (χ4n) is 4.50. The van der Waals surface area contributed by atoms with E-state index >= 15 is 0 Å². The van der Waals surface area contributed by atoms with E-state index in [0.29, 0.717) is 35.8 Å². The highest BCUT2D eigenvalue weighted by atomic mass is 19.4. The summed E-state index contributed by atoms with van der Waals surface area (Å²) in [6.07, 6.45) is -2.43. The normalized spacial score (nSPS) is 17.3. The topological polar surface area (TPSA) is 69.7 Å². The van der Waals surface area contributed by atoms with Crippen LogP contribution >= 0.6 is 0 Å². The van der Waals surface area contributed by atoms with E-state index in [4.69, 9.17) is 14.2 Å². The quantitative estimate of drug-likeness (QED) is 0.328. The minimum absolute atomic E-state index is 0.153. The van der Waals surface area contributed by atoms with Gasteiger partial charge in [0.1, 0.15) is 28.9 Å².